The Hall–Kier alpha value is -1.71. The molecule has 0 aliphatic heterocycles. The molecule has 0 fully saturated rings. The second-order valence-corrected chi connectivity index (χ2v) is 5.55. The molecule has 2 rings (SSSR count). The van der Waals surface area contributed by atoms with E-state index >= 15 is 0 Å². The summed E-state index contributed by atoms with van der Waals surface area (Å²) < 4.78 is 5.76. The Morgan fingerprint density at radius 2 is 1.95 bits per heavy atom. The first-order valence-corrected chi connectivity index (χ1v) is 7.92. The number of benzene rings is 2. The Bertz CT molecular complexity index is 644. The van der Waals surface area contributed by atoms with Crippen molar-refractivity contribution < 1.29 is 4.74 Å². The summed E-state index contributed by atoms with van der Waals surface area (Å²) in [5.41, 5.74) is 4.62. The Kier molecular flexibility index (Phi) is 6.56. The average molecular weight is 337 g/mol. The fourth-order valence-corrected chi connectivity index (χ4v) is 2.09. The Labute approximate surface area is 140 Å². The van der Waals surface area contributed by atoms with Crippen LogP contribution in [0.3, 0.4) is 0 Å². The van der Waals surface area contributed by atoms with Gasteiger partial charge in [-0.3, -0.25) is 5.43 Å². The quantitative estimate of drug-likeness (QED) is 0.404. The fraction of sp³-hybridized carbons (Fsp3) is 0.235. The number of hydrogen-bond acceptors (Lipinski definition) is 3. The number of nitrogens with zero attached hydrogens (tertiary/aromatic N) is 1. The topological polar surface area (TPSA) is 33.6 Å². The van der Waals surface area contributed by atoms with Crippen molar-refractivity contribution in [1.29, 1.82) is 0 Å². The smallest absolute Gasteiger partial charge is 0.128 e. The lowest BCUT2D eigenvalue weighted by molar-refractivity contribution is 0.309. The molecule has 1 N–H and O–H groups in total. The summed E-state index contributed by atoms with van der Waals surface area (Å²) in [5.74, 6) is 0.829. The van der Waals surface area contributed by atoms with E-state index in [2.05, 4.69) is 17.5 Å². The van der Waals surface area contributed by atoms with E-state index in [-0.39, 0.29) is 0 Å². The molecule has 2 aromatic carbocycles. The molecule has 0 heterocycles. The van der Waals surface area contributed by atoms with Gasteiger partial charge in [-0.1, -0.05) is 48.7 Å². The molecule has 0 unspecified atom stereocenters. The molecule has 0 atom stereocenters. The van der Waals surface area contributed by atoms with Crippen LogP contribution in [0.4, 0.5) is 5.69 Å². The van der Waals surface area contributed by atoms with Crippen LogP contribution in [0.15, 0.2) is 47.6 Å². The van der Waals surface area contributed by atoms with Crippen molar-refractivity contribution in [3.05, 3.63) is 58.1 Å². The largest absolute Gasteiger partial charge is 0.493 e. The minimum Gasteiger partial charge on any atom is -0.493 e. The van der Waals surface area contributed by atoms with Crippen LogP contribution >= 0.6 is 23.2 Å². The maximum absolute atomic E-state index is 5.96. The predicted molar refractivity (Wildman–Crippen MR) is 94.5 cm³/mol. The number of ether oxygens (including phenoxy) is 1. The van der Waals surface area contributed by atoms with Gasteiger partial charge in [0.25, 0.3) is 0 Å². The maximum Gasteiger partial charge on any atom is 0.128 e. The highest BCUT2D eigenvalue weighted by Crippen LogP contribution is 2.25. The van der Waals surface area contributed by atoms with Gasteiger partial charge >= 0.3 is 0 Å². The third kappa shape index (κ3) is 4.93. The van der Waals surface area contributed by atoms with Crippen LogP contribution in [0.2, 0.25) is 10.0 Å². The zero-order valence-electron chi connectivity index (χ0n) is 12.4. The number of nitrogens with one attached hydrogen (secondary N) is 1. The number of rotatable bonds is 7. The molecule has 0 aromatic heterocycles. The van der Waals surface area contributed by atoms with Crippen molar-refractivity contribution in [3.63, 3.8) is 0 Å². The van der Waals surface area contributed by atoms with E-state index in [9.17, 15) is 0 Å². The van der Waals surface area contributed by atoms with Crippen LogP contribution in [0.5, 0.6) is 5.75 Å². The van der Waals surface area contributed by atoms with Gasteiger partial charge in [0.1, 0.15) is 5.75 Å². The lowest BCUT2D eigenvalue weighted by Crippen LogP contribution is -2.00. The number of anilines is 1. The molecular formula is C17H18Cl2N2O. The van der Waals surface area contributed by atoms with Crippen molar-refractivity contribution in [1.82, 2.24) is 0 Å². The van der Waals surface area contributed by atoms with Gasteiger partial charge < -0.3 is 4.74 Å². The number of hydrogen-bond donors (Lipinski definition) is 1. The van der Waals surface area contributed by atoms with Crippen LogP contribution in [0.25, 0.3) is 0 Å². The summed E-state index contributed by atoms with van der Waals surface area (Å²) in [6.45, 7) is 2.85. The summed E-state index contributed by atoms with van der Waals surface area (Å²) in [7, 11) is 0. The first-order valence-electron chi connectivity index (χ1n) is 7.16. The van der Waals surface area contributed by atoms with Crippen molar-refractivity contribution in [2.24, 2.45) is 5.10 Å². The second kappa shape index (κ2) is 8.66. The monoisotopic (exact) mass is 336 g/mol. The van der Waals surface area contributed by atoms with Gasteiger partial charge in [0.2, 0.25) is 0 Å². The molecule has 0 saturated carbocycles. The van der Waals surface area contributed by atoms with Gasteiger partial charge in [-0.2, -0.15) is 5.10 Å². The van der Waals surface area contributed by atoms with Gasteiger partial charge in [0, 0.05) is 5.56 Å². The standard InChI is InChI=1S/C17H18Cl2N2O/c1-2-3-10-22-17-7-5-4-6-13(17)12-20-21-14-8-9-15(18)16(19)11-14/h4-9,11-12,21H,2-3,10H2,1H3. The Balaban J connectivity index is 2.01. The van der Waals surface area contributed by atoms with Gasteiger partial charge in [0.15, 0.2) is 0 Å². The van der Waals surface area contributed by atoms with Crippen LogP contribution in [-0.4, -0.2) is 12.8 Å². The third-order valence-electron chi connectivity index (χ3n) is 2.99. The fourth-order valence-electron chi connectivity index (χ4n) is 1.79. The van der Waals surface area contributed by atoms with Gasteiger partial charge in [0.05, 0.1) is 28.6 Å². The zero-order valence-corrected chi connectivity index (χ0v) is 13.9. The van der Waals surface area contributed by atoms with Gasteiger partial charge in [-0.25, -0.2) is 0 Å². The molecule has 2 aromatic rings. The highest BCUT2D eigenvalue weighted by molar-refractivity contribution is 6.42. The molecule has 0 bridgehead atoms. The van der Waals surface area contributed by atoms with E-state index in [4.69, 9.17) is 27.9 Å². The highest BCUT2D eigenvalue weighted by Gasteiger charge is 2.01. The van der Waals surface area contributed by atoms with E-state index in [0.717, 1.165) is 29.8 Å². The second-order valence-electron chi connectivity index (χ2n) is 4.74. The highest BCUT2D eigenvalue weighted by atomic mass is 35.5. The summed E-state index contributed by atoms with van der Waals surface area (Å²) in [4.78, 5) is 0. The lowest BCUT2D eigenvalue weighted by atomic mass is 10.2. The van der Waals surface area contributed by atoms with E-state index in [1.54, 1.807) is 18.3 Å². The number of halogens is 2. The van der Waals surface area contributed by atoms with Crippen molar-refractivity contribution in [3.8, 4) is 5.75 Å². The summed E-state index contributed by atoms with van der Waals surface area (Å²) in [6.07, 6.45) is 3.87. The van der Waals surface area contributed by atoms with Crippen molar-refractivity contribution >= 4 is 35.1 Å². The predicted octanol–water partition coefficient (Wildman–Crippen LogP) is 5.62. The number of hydrazone groups is 1. The Morgan fingerprint density at radius 1 is 1.14 bits per heavy atom. The molecule has 0 spiro atoms. The zero-order chi connectivity index (χ0) is 15.8. The normalized spacial score (nSPS) is 10.9. The first kappa shape index (κ1) is 16.7. The number of unbranched alkanes of at least 4 members (excludes halogenated alkanes) is 1. The van der Waals surface area contributed by atoms with Crippen molar-refractivity contribution in [2.45, 2.75) is 19.8 Å². The summed E-state index contributed by atoms with van der Waals surface area (Å²) in [6, 6.07) is 13.1. The molecule has 0 aliphatic rings. The van der Waals surface area contributed by atoms with E-state index in [0.29, 0.717) is 16.7 Å². The molecule has 5 heteroatoms. The van der Waals surface area contributed by atoms with E-state index in [1.165, 1.54) is 0 Å². The Morgan fingerprint density at radius 3 is 2.73 bits per heavy atom. The van der Waals surface area contributed by atoms with E-state index < -0.39 is 0 Å². The van der Waals surface area contributed by atoms with Crippen molar-refractivity contribution in [2.75, 3.05) is 12.0 Å². The van der Waals surface area contributed by atoms with Crippen LogP contribution in [0.1, 0.15) is 25.3 Å². The van der Waals surface area contributed by atoms with Gasteiger partial charge in [-0.05, 0) is 36.8 Å². The minimum absolute atomic E-state index is 0.491. The molecule has 116 valence electrons. The van der Waals surface area contributed by atoms with Crippen LogP contribution in [0, 0.1) is 0 Å². The summed E-state index contributed by atoms with van der Waals surface area (Å²) >= 11 is 11.8. The number of para-hydroxylation sites is 1. The third-order valence-corrected chi connectivity index (χ3v) is 3.73. The molecule has 0 radical (unpaired) electrons. The summed E-state index contributed by atoms with van der Waals surface area (Å²) in [5, 5.41) is 5.23. The molecule has 0 aliphatic carbocycles. The molecular weight excluding hydrogens is 319 g/mol. The van der Waals surface area contributed by atoms with Crippen LogP contribution in [-0.2, 0) is 0 Å². The van der Waals surface area contributed by atoms with Gasteiger partial charge in [-0.15, -0.1) is 0 Å². The molecule has 0 amide bonds. The van der Waals surface area contributed by atoms with E-state index in [1.807, 2.05) is 30.3 Å². The average Bonchev–Trinajstić information content (AvgIpc) is 2.52. The SMILES string of the molecule is CCCCOc1ccccc1C=NNc1ccc(Cl)c(Cl)c1. The lowest BCUT2D eigenvalue weighted by Gasteiger charge is -2.08. The molecule has 22 heavy (non-hydrogen) atoms. The molecule has 3 nitrogen and oxygen atoms in total. The first-order chi connectivity index (χ1) is 10.7. The van der Waals surface area contributed by atoms with Crippen LogP contribution < -0.4 is 10.2 Å². The molecule has 0 saturated heterocycles. The minimum atomic E-state index is 0.491. The maximum atomic E-state index is 5.96.